The molecule has 2 aromatic carbocycles. The summed E-state index contributed by atoms with van der Waals surface area (Å²) in [6, 6.07) is 14.1. The molecule has 4 nitrogen and oxygen atoms in total. The minimum Gasteiger partial charge on any atom is -0.314 e. The van der Waals surface area contributed by atoms with Crippen molar-refractivity contribution in [3.8, 4) is 0 Å². The molecular weight excluding hydrogens is 344 g/mol. The number of Topliss-reactive ketones (excluding diaryl/α,β-unsaturated/α-hetero) is 1. The van der Waals surface area contributed by atoms with Crippen LogP contribution < -0.4 is 10.6 Å². The number of halogens is 1. The van der Waals surface area contributed by atoms with Gasteiger partial charge in [-0.25, -0.2) is 4.79 Å². The van der Waals surface area contributed by atoms with Gasteiger partial charge in [0.05, 0.1) is 0 Å². The van der Waals surface area contributed by atoms with Crippen LogP contribution in [0.25, 0.3) is 6.08 Å². The van der Waals surface area contributed by atoms with E-state index in [-0.39, 0.29) is 11.8 Å². The predicted octanol–water partition coefficient (Wildman–Crippen LogP) is 4.44. The highest BCUT2D eigenvalue weighted by atomic mass is 79.9. The molecule has 22 heavy (non-hydrogen) atoms. The first-order valence-electron chi connectivity index (χ1n) is 6.66. The van der Waals surface area contributed by atoms with Gasteiger partial charge in [0.15, 0.2) is 5.78 Å². The number of hydrogen-bond donors (Lipinski definition) is 2. The number of rotatable bonds is 4. The summed E-state index contributed by atoms with van der Waals surface area (Å²) in [5, 5.41) is 5.31. The normalized spacial score (nSPS) is 10.5. The van der Waals surface area contributed by atoms with Gasteiger partial charge in [-0.1, -0.05) is 34.1 Å². The van der Waals surface area contributed by atoms with E-state index in [2.05, 4.69) is 26.6 Å². The number of amides is 2. The van der Waals surface area contributed by atoms with Crippen LogP contribution in [0, 0.1) is 0 Å². The number of hydrogen-bond acceptors (Lipinski definition) is 2. The van der Waals surface area contributed by atoms with Crippen LogP contribution in [0.4, 0.5) is 10.5 Å². The van der Waals surface area contributed by atoms with Gasteiger partial charge in [-0.05, 0) is 48.9 Å². The van der Waals surface area contributed by atoms with Crippen molar-refractivity contribution in [2.45, 2.75) is 6.92 Å². The Hall–Kier alpha value is -2.40. The molecule has 0 aromatic heterocycles. The predicted molar refractivity (Wildman–Crippen MR) is 91.8 cm³/mol. The Kier molecular flexibility index (Phi) is 5.49. The van der Waals surface area contributed by atoms with Gasteiger partial charge in [0, 0.05) is 21.9 Å². The van der Waals surface area contributed by atoms with Crippen molar-refractivity contribution in [2.24, 2.45) is 0 Å². The summed E-state index contributed by atoms with van der Waals surface area (Å²) in [7, 11) is 0. The molecule has 0 bridgehead atoms. The molecule has 0 heterocycles. The Balaban J connectivity index is 1.90. The first kappa shape index (κ1) is 16.0. The van der Waals surface area contributed by atoms with Crippen LogP contribution in [0.3, 0.4) is 0 Å². The number of nitrogens with one attached hydrogen (secondary N) is 2. The van der Waals surface area contributed by atoms with E-state index in [9.17, 15) is 9.59 Å². The monoisotopic (exact) mass is 358 g/mol. The van der Waals surface area contributed by atoms with Crippen molar-refractivity contribution in [2.75, 3.05) is 5.32 Å². The quantitative estimate of drug-likeness (QED) is 0.793. The second-order valence-electron chi connectivity index (χ2n) is 4.59. The molecule has 0 saturated carbocycles. The molecule has 112 valence electrons. The molecule has 0 aliphatic carbocycles. The van der Waals surface area contributed by atoms with Crippen LogP contribution in [0.1, 0.15) is 22.8 Å². The summed E-state index contributed by atoms with van der Waals surface area (Å²) >= 11 is 3.43. The molecule has 2 amide bonds. The van der Waals surface area contributed by atoms with Gasteiger partial charge in [0.2, 0.25) is 0 Å². The molecule has 0 radical (unpaired) electrons. The summed E-state index contributed by atoms with van der Waals surface area (Å²) in [6.45, 7) is 1.50. The molecule has 0 fully saturated rings. The summed E-state index contributed by atoms with van der Waals surface area (Å²) in [4.78, 5) is 22.9. The Labute approximate surface area is 137 Å². The van der Waals surface area contributed by atoms with Crippen LogP contribution >= 0.6 is 15.9 Å². The fourth-order valence-corrected chi connectivity index (χ4v) is 2.19. The van der Waals surface area contributed by atoms with E-state index >= 15 is 0 Å². The van der Waals surface area contributed by atoms with Crippen molar-refractivity contribution in [1.82, 2.24) is 5.32 Å². The number of ketones is 1. The summed E-state index contributed by atoms with van der Waals surface area (Å²) in [5.74, 6) is -0.00706. The van der Waals surface area contributed by atoms with E-state index in [4.69, 9.17) is 0 Å². The molecule has 0 saturated heterocycles. The zero-order chi connectivity index (χ0) is 15.9. The first-order chi connectivity index (χ1) is 10.6. The third kappa shape index (κ3) is 4.56. The molecule has 0 aliphatic heterocycles. The van der Waals surface area contributed by atoms with Crippen LogP contribution in [0.2, 0.25) is 0 Å². The lowest BCUT2D eigenvalue weighted by molar-refractivity contribution is 0.101. The van der Waals surface area contributed by atoms with Crippen molar-refractivity contribution in [1.29, 1.82) is 0 Å². The molecule has 0 unspecified atom stereocenters. The fourth-order valence-electron chi connectivity index (χ4n) is 1.77. The number of benzene rings is 2. The van der Waals surface area contributed by atoms with E-state index in [1.165, 1.54) is 6.92 Å². The Bertz CT molecular complexity index is 709. The van der Waals surface area contributed by atoms with E-state index < -0.39 is 0 Å². The highest BCUT2D eigenvalue weighted by Gasteiger charge is 2.02. The second-order valence-corrected chi connectivity index (χ2v) is 5.44. The maximum absolute atomic E-state index is 11.8. The average molecular weight is 359 g/mol. The number of carbonyl (C=O) groups excluding carboxylic acids is 2. The Morgan fingerprint density at radius 2 is 1.73 bits per heavy atom. The van der Waals surface area contributed by atoms with Crippen molar-refractivity contribution in [3.63, 3.8) is 0 Å². The van der Waals surface area contributed by atoms with Crippen molar-refractivity contribution in [3.05, 3.63) is 70.3 Å². The lowest BCUT2D eigenvalue weighted by atomic mass is 10.1. The summed E-state index contributed by atoms with van der Waals surface area (Å²) < 4.78 is 0.952. The third-order valence-corrected chi connectivity index (χ3v) is 3.65. The fraction of sp³-hybridized carbons (Fsp3) is 0.0588. The minimum atomic E-state index is -0.348. The van der Waals surface area contributed by atoms with E-state index in [1.807, 2.05) is 24.3 Å². The largest absolute Gasteiger partial charge is 0.323 e. The molecule has 2 aromatic rings. The topological polar surface area (TPSA) is 58.2 Å². The molecule has 2 N–H and O–H groups in total. The van der Waals surface area contributed by atoms with Gasteiger partial charge >= 0.3 is 6.03 Å². The van der Waals surface area contributed by atoms with Crippen LogP contribution in [0.15, 0.2) is 59.2 Å². The summed E-state index contributed by atoms with van der Waals surface area (Å²) in [6.07, 6.45) is 3.36. The van der Waals surface area contributed by atoms with Crippen molar-refractivity contribution >= 4 is 39.5 Å². The first-order valence-corrected chi connectivity index (χ1v) is 7.45. The minimum absolute atomic E-state index is 0.00706. The van der Waals surface area contributed by atoms with Crippen LogP contribution in [-0.4, -0.2) is 11.8 Å². The van der Waals surface area contributed by atoms with Gasteiger partial charge < -0.3 is 10.6 Å². The molecule has 0 atom stereocenters. The number of anilines is 1. The smallest absolute Gasteiger partial charge is 0.314 e. The lowest BCUT2D eigenvalue weighted by Crippen LogP contribution is -2.23. The van der Waals surface area contributed by atoms with Gasteiger partial charge in [0.25, 0.3) is 0 Å². The van der Waals surface area contributed by atoms with E-state index in [1.54, 1.807) is 36.5 Å². The molecular formula is C17H15BrN2O2. The molecule has 0 aliphatic rings. The lowest BCUT2D eigenvalue weighted by Gasteiger charge is -2.05. The van der Waals surface area contributed by atoms with Crippen LogP contribution in [-0.2, 0) is 0 Å². The molecule has 5 heteroatoms. The Morgan fingerprint density at radius 3 is 2.36 bits per heavy atom. The van der Waals surface area contributed by atoms with E-state index in [0.29, 0.717) is 11.3 Å². The second kappa shape index (κ2) is 7.56. The highest BCUT2D eigenvalue weighted by Crippen LogP contribution is 2.16. The maximum Gasteiger partial charge on any atom is 0.323 e. The number of carbonyl (C=O) groups is 2. The van der Waals surface area contributed by atoms with Gasteiger partial charge in [0.1, 0.15) is 0 Å². The van der Waals surface area contributed by atoms with Crippen molar-refractivity contribution < 1.29 is 9.59 Å². The highest BCUT2D eigenvalue weighted by molar-refractivity contribution is 9.10. The summed E-state index contributed by atoms with van der Waals surface area (Å²) in [5.41, 5.74) is 2.20. The SMILES string of the molecule is CC(=O)c1ccc(NC(=O)N/C=C/c2ccccc2Br)cc1. The Morgan fingerprint density at radius 1 is 1.05 bits per heavy atom. The van der Waals surface area contributed by atoms with Crippen LogP contribution in [0.5, 0.6) is 0 Å². The zero-order valence-corrected chi connectivity index (χ0v) is 13.6. The molecule has 2 rings (SSSR count). The van der Waals surface area contributed by atoms with Gasteiger partial charge in [-0.15, -0.1) is 0 Å². The van der Waals surface area contributed by atoms with E-state index in [0.717, 1.165) is 10.0 Å². The van der Waals surface area contributed by atoms with Gasteiger partial charge in [-0.3, -0.25) is 4.79 Å². The molecule has 0 spiro atoms. The number of urea groups is 1. The standard InChI is InChI=1S/C17H15BrN2O2/c1-12(21)13-6-8-15(9-7-13)20-17(22)19-11-10-14-4-2-3-5-16(14)18/h2-11H,1H3,(H2,19,20,22)/b11-10+. The maximum atomic E-state index is 11.8. The average Bonchev–Trinajstić information content (AvgIpc) is 2.50. The zero-order valence-electron chi connectivity index (χ0n) is 12.0. The van der Waals surface area contributed by atoms with Gasteiger partial charge in [-0.2, -0.15) is 0 Å². The third-order valence-electron chi connectivity index (χ3n) is 2.93.